The Labute approximate surface area is 139 Å². The molecule has 112 valence electrons. The summed E-state index contributed by atoms with van der Waals surface area (Å²) in [5.74, 6) is 0.851. The van der Waals surface area contributed by atoms with Gasteiger partial charge in [-0.25, -0.2) is 0 Å². The Balaban J connectivity index is 2.22. The number of thioether (sulfide) groups is 1. The zero-order valence-electron chi connectivity index (χ0n) is 12.6. The maximum Gasteiger partial charge on any atom is 0.185 e. The maximum atomic E-state index is 12.2. The van der Waals surface area contributed by atoms with Crippen molar-refractivity contribution in [3.05, 3.63) is 70.8 Å². The van der Waals surface area contributed by atoms with E-state index >= 15 is 0 Å². The fourth-order valence-electron chi connectivity index (χ4n) is 2.07. The Morgan fingerprint density at radius 1 is 1.13 bits per heavy atom. The van der Waals surface area contributed by atoms with Gasteiger partial charge in [0, 0.05) is 10.5 Å². The number of rotatable bonds is 5. The molecule has 2 aromatic rings. The van der Waals surface area contributed by atoms with Crippen LogP contribution in [0.2, 0.25) is 0 Å². The number of benzene rings is 2. The van der Waals surface area contributed by atoms with Gasteiger partial charge in [0.2, 0.25) is 0 Å². The summed E-state index contributed by atoms with van der Waals surface area (Å²) in [5.41, 5.74) is 1.76. The summed E-state index contributed by atoms with van der Waals surface area (Å²) in [5, 5.41) is 18.2. The molecule has 0 atom stereocenters. The van der Waals surface area contributed by atoms with Crippen LogP contribution < -0.4 is 0 Å². The third-order valence-electron chi connectivity index (χ3n) is 3.19. The summed E-state index contributed by atoms with van der Waals surface area (Å²) >= 11 is 1.72. The van der Waals surface area contributed by atoms with Crippen molar-refractivity contribution in [3.63, 3.8) is 0 Å². The smallest absolute Gasteiger partial charge is 0.185 e. The largest absolute Gasteiger partial charge is 0.289 e. The topological polar surface area (TPSA) is 64.7 Å². The van der Waals surface area contributed by atoms with Crippen LogP contribution in [0.25, 0.3) is 6.08 Å². The Kier molecular flexibility index (Phi) is 5.74. The molecule has 0 heterocycles. The lowest BCUT2D eigenvalue weighted by Gasteiger charge is -2.01. The van der Waals surface area contributed by atoms with Gasteiger partial charge in [0.05, 0.1) is 11.1 Å². The van der Waals surface area contributed by atoms with E-state index in [-0.39, 0.29) is 11.3 Å². The van der Waals surface area contributed by atoms with Crippen molar-refractivity contribution in [3.8, 4) is 12.1 Å². The summed E-state index contributed by atoms with van der Waals surface area (Å²) in [6.07, 6.45) is 3.01. The van der Waals surface area contributed by atoms with Crippen LogP contribution in [-0.4, -0.2) is 11.5 Å². The Bertz CT molecular complexity index is 824. The molecule has 0 fully saturated rings. The molecule has 23 heavy (non-hydrogen) atoms. The number of carbonyl (C=O) groups is 1. The number of ketones is 1. The highest BCUT2D eigenvalue weighted by Crippen LogP contribution is 2.19. The van der Waals surface area contributed by atoms with Crippen LogP contribution in [0.3, 0.4) is 0 Å². The molecule has 0 aliphatic rings. The van der Waals surface area contributed by atoms with Gasteiger partial charge in [-0.05, 0) is 53.8 Å². The zero-order chi connectivity index (χ0) is 16.7. The van der Waals surface area contributed by atoms with E-state index in [1.807, 2.05) is 24.3 Å². The predicted octanol–water partition coefficient (Wildman–Crippen LogP) is 4.44. The molecule has 0 radical (unpaired) electrons. The van der Waals surface area contributed by atoms with Crippen LogP contribution in [0.1, 0.15) is 34.0 Å². The standard InChI is InChI=1S/C19H14N2OS/c1-2-23-17-9-6-15(7-10-17)19(22)11-8-14-4-3-5-16(12-20)18(14)13-21/h3-11H,2H2,1H3. The first-order chi connectivity index (χ1) is 11.2. The van der Waals surface area contributed by atoms with Gasteiger partial charge in [-0.2, -0.15) is 10.5 Å². The number of carbonyl (C=O) groups excluding carboxylic acids is 1. The second-order valence-corrected chi connectivity index (χ2v) is 5.99. The predicted molar refractivity (Wildman–Crippen MR) is 92.1 cm³/mol. The summed E-state index contributed by atoms with van der Waals surface area (Å²) in [4.78, 5) is 13.3. The van der Waals surface area contributed by atoms with Crippen LogP contribution in [0, 0.1) is 22.7 Å². The van der Waals surface area contributed by atoms with Gasteiger partial charge in [0.25, 0.3) is 0 Å². The molecular formula is C19H14N2OS. The molecular weight excluding hydrogens is 304 g/mol. The van der Waals surface area contributed by atoms with E-state index in [1.54, 1.807) is 48.2 Å². The van der Waals surface area contributed by atoms with Gasteiger partial charge in [-0.1, -0.05) is 19.1 Å². The second-order valence-electron chi connectivity index (χ2n) is 4.65. The number of hydrogen-bond acceptors (Lipinski definition) is 4. The average Bonchev–Trinajstić information content (AvgIpc) is 2.60. The molecule has 0 aromatic heterocycles. The van der Waals surface area contributed by atoms with E-state index in [0.29, 0.717) is 16.7 Å². The lowest BCUT2D eigenvalue weighted by atomic mass is 10.0. The van der Waals surface area contributed by atoms with E-state index in [1.165, 1.54) is 6.08 Å². The van der Waals surface area contributed by atoms with Crippen molar-refractivity contribution in [2.45, 2.75) is 11.8 Å². The fourth-order valence-corrected chi connectivity index (χ4v) is 2.73. The molecule has 0 N–H and O–H groups in total. The first kappa shape index (κ1) is 16.5. The van der Waals surface area contributed by atoms with Crippen molar-refractivity contribution >= 4 is 23.6 Å². The molecule has 0 unspecified atom stereocenters. The van der Waals surface area contributed by atoms with Crippen LogP contribution in [-0.2, 0) is 0 Å². The highest BCUT2D eigenvalue weighted by Gasteiger charge is 2.06. The maximum absolute atomic E-state index is 12.2. The Morgan fingerprint density at radius 2 is 1.87 bits per heavy atom. The second kappa shape index (κ2) is 7.98. The van der Waals surface area contributed by atoms with E-state index in [2.05, 4.69) is 6.92 Å². The third kappa shape index (κ3) is 4.10. The van der Waals surface area contributed by atoms with Crippen molar-refractivity contribution in [1.29, 1.82) is 10.5 Å². The Morgan fingerprint density at radius 3 is 2.48 bits per heavy atom. The van der Waals surface area contributed by atoms with Gasteiger partial charge in [0.15, 0.2) is 5.78 Å². The molecule has 0 spiro atoms. The minimum atomic E-state index is -0.135. The van der Waals surface area contributed by atoms with Crippen LogP contribution in [0.5, 0.6) is 0 Å². The normalized spacial score (nSPS) is 10.2. The van der Waals surface area contributed by atoms with Gasteiger partial charge in [-0.15, -0.1) is 11.8 Å². The van der Waals surface area contributed by atoms with Crippen molar-refractivity contribution in [2.75, 3.05) is 5.75 Å². The van der Waals surface area contributed by atoms with Crippen LogP contribution in [0.15, 0.2) is 53.4 Å². The fraction of sp³-hybridized carbons (Fsp3) is 0.105. The van der Waals surface area contributed by atoms with Crippen molar-refractivity contribution in [1.82, 2.24) is 0 Å². The van der Waals surface area contributed by atoms with Gasteiger partial charge in [0.1, 0.15) is 12.1 Å². The monoisotopic (exact) mass is 318 g/mol. The van der Waals surface area contributed by atoms with Crippen molar-refractivity contribution in [2.24, 2.45) is 0 Å². The molecule has 0 aliphatic carbocycles. The molecule has 0 saturated heterocycles. The van der Waals surface area contributed by atoms with Gasteiger partial charge < -0.3 is 0 Å². The Hall–Kier alpha value is -2.82. The molecule has 0 bridgehead atoms. The van der Waals surface area contributed by atoms with E-state index in [9.17, 15) is 10.1 Å². The first-order valence-corrected chi connectivity index (χ1v) is 8.06. The molecule has 3 nitrogen and oxygen atoms in total. The highest BCUT2D eigenvalue weighted by atomic mass is 32.2. The summed E-state index contributed by atoms with van der Waals surface area (Å²) in [6, 6.07) is 16.4. The molecule has 2 rings (SSSR count). The molecule has 0 amide bonds. The highest BCUT2D eigenvalue weighted by molar-refractivity contribution is 7.99. The number of nitriles is 2. The minimum absolute atomic E-state index is 0.135. The summed E-state index contributed by atoms with van der Waals surface area (Å²) in [6.45, 7) is 2.08. The van der Waals surface area contributed by atoms with E-state index in [0.717, 1.165) is 10.6 Å². The molecule has 2 aromatic carbocycles. The molecule has 0 saturated carbocycles. The lowest BCUT2D eigenvalue weighted by molar-refractivity contribution is 0.104. The number of hydrogen-bond donors (Lipinski definition) is 0. The number of nitrogens with zero attached hydrogens (tertiary/aromatic N) is 2. The van der Waals surface area contributed by atoms with Crippen LogP contribution >= 0.6 is 11.8 Å². The van der Waals surface area contributed by atoms with Gasteiger partial charge in [-0.3, -0.25) is 4.79 Å². The quantitative estimate of drug-likeness (QED) is 0.464. The molecule has 4 heteroatoms. The third-order valence-corrected chi connectivity index (χ3v) is 4.09. The van der Waals surface area contributed by atoms with Crippen LogP contribution in [0.4, 0.5) is 0 Å². The van der Waals surface area contributed by atoms with Gasteiger partial charge >= 0.3 is 0 Å². The van der Waals surface area contributed by atoms with E-state index < -0.39 is 0 Å². The lowest BCUT2D eigenvalue weighted by Crippen LogP contribution is -1.94. The molecule has 0 aliphatic heterocycles. The SMILES string of the molecule is CCSc1ccc(C(=O)C=Cc2cccc(C#N)c2C#N)cc1. The van der Waals surface area contributed by atoms with E-state index in [4.69, 9.17) is 5.26 Å². The van der Waals surface area contributed by atoms with Crippen molar-refractivity contribution < 1.29 is 4.79 Å². The minimum Gasteiger partial charge on any atom is -0.289 e. The summed E-state index contributed by atoms with van der Waals surface area (Å²) < 4.78 is 0. The first-order valence-electron chi connectivity index (χ1n) is 7.08. The summed E-state index contributed by atoms with van der Waals surface area (Å²) in [7, 11) is 0. The number of allylic oxidation sites excluding steroid dienone is 1. The zero-order valence-corrected chi connectivity index (χ0v) is 13.4. The average molecular weight is 318 g/mol.